The van der Waals surface area contributed by atoms with E-state index >= 15 is 0 Å². The van der Waals surface area contributed by atoms with Gasteiger partial charge in [-0.1, -0.05) is 0 Å². The van der Waals surface area contributed by atoms with Crippen LogP contribution in [0.1, 0.15) is 24.3 Å². The Labute approximate surface area is 104 Å². The fourth-order valence-corrected chi connectivity index (χ4v) is 1.55. The average molecular weight is 248 g/mol. The first-order valence-corrected chi connectivity index (χ1v) is 5.58. The van der Waals surface area contributed by atoms with Gasteiger partial charge < -0.3 is 9.84 Å². The molecule has 0 spiro atoms. The largest absolute Gasteiger partial charge is 0.492 e. The maximum atomic E-state index is 12.7. The third kappa shape index (κ3) is 2.81. The molecule has 94 valence electrons. The Balaban J connectivity index is 2.24. The van der Waals surface area contributed by atoms with E-state index in [1.807, 2.05) is 6.92 Å². The lowest BCUT2D eigenvalue weighted by Crippen LogP contribution is -2.04. The first-order chi connectivity index (χ1) is 8.70. The quantitative estimate of drug-likeness (QED) is 0.900. The van der Waals surface area contributed by atoms with Crippen LogP contribution in [0.4, 0.5) is 4.39 Å². The van der Waals surface area contributed by atoms with Crippen LogP contribution >= 0.6 is 0 Å². The number of aromatic nitrogens is 2. The van der Waals surface area contributed by atoms with Gasteiger partial charge in [0.1, 0.15) is 17.7 Å². The lowest BCUT2D eigenvalue weighted by Gasteiger charge is -2.11. The van der Waals surface area contributed by atoms with Gasteiger partial charge in [-0.15, -0.1) is 0 Å². The second-order valence-corrected chi connectivity index (χ2v) is 3.69. The number of aliphatic hydroxyl groups excluding tert-OH is 1. The van der Waals surface area contributed by atoms with Crippen LogP contribution in [0.15, 0.2) is 36.8 Å². The smallest absolute Gasteiger partial charge is 0.141 e. The van der Waals surface area contributed by atoms with Crippen LogP contribution in [0.3, 0.4) is 0 Å². The Morgan fingerprint density at radius 3 is 2.83 bits per heavy atom. The molecule has 2 rings (SSSR count). The molecular weight excluding hydrogens is 235 g/mol. The molecule has 0 radical (unpaired) electrons. The molecule has 0 fully saturated rings. The standard InChI is InChI=1S/C13H13FN2O2/c1-2-18-11-5-9(6-15-8-11)13(17)12-4-3-10(14)7-16-12/h3-8,13,17H,2H2,1H3. The molecule has 0 bridgehead atoms. The fourth-order valence-electron chi connectivity index (χ4n) is 1.55. The monoisotopic (exact) mass is 248 g/mol. The van der Waals surface area contributed by atoms with Crippen molar-refractivity contribution in [2.24, 2.45) is 0 Å². The maximum absolute atomic E-state index is 12.7. The normalized spacial score (nSPS) is 12.2. The van der Waals surface area contributed by atoms with Crippen LogP contribution in [0, 0.1) is 5.82 Å². The van der Waals surface area contributed by atoms with E-state index in [1.165, 1.54) is 18.3 Å². The summed E-state index contributed by atoms with van der Waals surface area (Å²) >= 11 is 0. The van der Waals surface area contributed by atoms with Gasteiger partial charge in [-0.2, -0.15) is 0 Å². The highest BCUT2D eigenvalue weighted by atomic mass is 19.1. The third-order valence-electron chi connectivity index (χ3n) is 2.39. The Morgan fingerprint density at radius 1 is 1.33 bits per heavy atom. The van der Waals surface area contributed by atoms with E-state index in [0.29, 0.717) is 23.6 Å². The van der Waals surface area contributed by atoms with E-state index < -0.39 is 11.9 Å². The van der Waals surface area contributed by atoms with Gasteiger partial charge in [0.05, 0.1) is 24.7 Å². The summed E-state index contributed by atoms with van der Waals surface area (Å²) in [6.07, 6.45) is 3.22. The molecule has 2 aromatic heterocycles. The Kier molecular flexibility index (Phi) is 3.84. The Hall–Kier alpha value is -2.01. The summed E-state index contributed by atoms with van der Waals surface area (Å²) in [5, 5.41) is 10.1. The lowest BCUT2D eigenvalue weighted by atomic mass is 10.1. The molecule has 18 heavy (non-hydrogen) atoms. The van der Waals surface area contributed by atoms with E-state index in [9.17, 15) is 9.50 Å². The van der Waals surface area contributed by atoms with Crippen molar-refractivity contribution in [1.82, 2.24) is 9.97 Å². The van der Waals surface area contributed by atoms with E-state index in [1.54, 1.807) is 12.3 Å². The van der Waals surface area contributed by atoms with Gasteiger partial charge in [0.25, 0.3) is 0 Å². The van der Waals surface area contributed by atoms with Crippen LogP contribution in [0.25, 0.3) is 0 Å². The molecule has 4 nitrogen and oxygen atoms in total. The number of ether oxygens (including phenoxy) is 1. The molecular formula is C13H13FN2O2. The molecule has 2 heterocycles. The van der Waals surface area contributed by atoms with Crippen molar-refractivity contribution in [2.45, 2.75) is 13.0 Å². The zero-order chi connectivity index (χ0) is 13.0. The SMILES string of the molecule is CCOc1cncc(C(O)c2ccc(F)cn2)c1. The van der Waals surface area contributed by atoms with Crippen molar-refractivity contribution >= 4 is 0 Å². The molecule has 1 N–H and O–H groups in total. The number of hydrogen-bond donors (Lipinski definition) is 1. The Bertz CT molecular complexity index is 517. The van der Waals surface area contributed by atoms with Crippen LogP contribution in [0.5, 0.6) is 5.75 Å². The number of pyridine rings is 2. The molecule has 1 atom stereocenters. The van der Waals surface area contributed by atoms with Crippen LogP contribution in [-0.4, -0.2) is 21.7 Å². The zero-order valence-electron chi connectivity index (χ0n) is 9.88. The van der Waals surface area contributed by atoms with Gasteiger partial charge in [-0.25, -0.2) is 4.39 Å². The van der Waals surface area contributed by atoms with Crippen molar-refractivity contribution in [1.29, 1.82) is 0 Å². The van der Waals surface area contributed by atoms with Gasteiger partial charge in [0, 0.05) is 11.8 Å². The van der Waals surface area contributed by atoms with Gasteiger partial charge >= 0.3 is 0 Å². The third-order valence-corrected chi connectivity index (χ3v) is 2.39. The van der Waals surface area contributed by atoms with Crippen molar-refractivity contribution < 1.29 is 14.2 Å². The number of nitrogens with zero attached hydrogens (tertiary/aromatic N) is 2. The molecule has 5 heteroatoms. The molecule has 0 amide bonds. The minimum Gasteiger partial charge on any atom is -0.492 e. The first-order valence-electron chi connectivity index (χ1n) is 5.58. The van der Waals surface area contributed by atoms with E-state index in [-0.39, 0.29) is 0 Å². The molecule has 0 aliphatic rings. The predicted octanol–water partition coefficient (Wildman–Crippen LogP) is 2.10. The minimum atomic E-state index is -0.946. The predicted molar refractivity (Wildman–Crippen MR) is 63.7 cm³/mol. The summed E-state index contributed by atoms with van der Waals surface area (Å²) < 4.78 is 18.0. The highest BCUT2D eigenvalue weighted by molar-refractivity contribution is 5.29. The zero-order valence-corrected chi connectivity index (χ0v) is 9.88. The first kappa shape index (κ1) is 12.4. The molecule has 0 saturated heterocycles. The van der Waals surface area contributed by atoms with Gasteiger partial charge in [0.15, 0.2) is 0 Å². The van der Waals surface area contributed by atoms with Crippen molar-refractivity contribution in [2.75, 3.05) is 6.61 Å². The van der Waals surface area contributed by atoms with Crippen LogP contribution in [0.2, 0.25) is 0 Å². The van der Waals surface area contributed by atoms with Gasteiger partial charge in [-0.3, -0.25) is 9.97 Å². The summed E-state index contributed by atoms with van der Waals surface area (Å²) in [5.41, 5.74) is 0.923. The van der Waals surface area contributed by atoms with E-state index in [2.05, 4.69) is 9.97 Å². The van der Waals surface area contributed by atoms with Gasteiger partial charge in [0.2, 0.25) is 0 Å². The van der Waals surface area contributed by atoms with Crippen molar-refractivity contribution in [3.05, 3.63) is 53.9 Å². The molecule has 0 aromatic carbocycles. The van der Waals surface area contributed by atoms with Gasteiger partial charge in [-0.05, 0) is 25.1 Å². The second-order valence-electron chi connectivity index (χ2n) is 3.69. The summed E-state index contributed by atoms with van der Waals surface area (Å²) in [5.74, 6) is 0.142. The molecule has 0 aliphatic carbocycles. The van der Waals surface area contributed by atoms with Crippen molar-refractivity contribution in [3.63, 3.8) is 0 Å². The Morgan fingerprint density at radius 2 is 2.17 bits per heavy atom. The molecule has 1 unspecified atom stereocenters. The molecule has 0 saturated carbocycles. The summed E-state index contributed by atoms with van der Waals surface area (Å²) in [6, 6.07) is 4.38. The van der Waals surface area contributed by atoms with E-state index in [4.69, 9.17) is 4.74 Å². The number of halogens is 1. The highest BCUT2D eigenvalue weighted by Gasteiger charge is 2.13. The fraction of sp³-hybridized carbons (Fsp3) is 0.231. The average Bonchev–Trinajstić information content (AvgIpc) is 2.39. The highest BCUT2D eigenvalue weighted by Crippen LogP contribution is 2.22. The lowest BCUT2D eigenvalue weighted by molar-refractivity contribution is 0.213. The summed E-state index contributed by atoms with van der Waals surface area (Å²) in [7, 11) is 0. The number of hydrogen-bond acceptors (Lipinski definition) is 4. The van der Waals surface area contributed by atoms with Crippen LogP contribution < -0.4 is 4.74 Å². The van der Waals surface area contributed by atoms with Crippen molar-refractivity contribution in [3.8, 4) is 5.75 Å². The maximum Gasteiger partial charge on any atom is 0.141 e. The number of aliphatic hydroxyl groups is 1. The summed E-state index contributed by atoms with van der Waals surface area (Å²) in [4.78, 5) is 7.82. The van der Waals surface area contributed by atoms with E-state index in [0.717, 1.165) is 6.20 Å². The molecule has 2 aromatic rings. The second kappa shape index (κ2) is 5.55. The minimum absolute atomic E-state index is 0.367. The molecule has 0 aliphatic heterocycles. The van der Waals surface area contributed by atoms with Crippen LogP contribution in [-0.2, 0) is 0 Å². The topological polar surface area (TPSA) is 55.2 Å². The summed E-state index contributed by atoms with van der Waals surface area (Å²) in [6.45, 7) is 2.39. The number of rotatable bonds is 4.